The van der Waals surface area contributed by atoms with Crippen molar-refractivity contribution in [3.8, 4) is 0 Å². The molecule has 3 atom stereocenters. The van der Waals surface area contributed by atoms with Crippen molar-refractivity contribution in [1.82, 2.24) is 0 Å². The van der Waals surface area contributed by atoms with Crippen molar-refractivity contribution in [2.75, 3.05) is 7.11 Å². The maximum Gasteiger partial charge on any atom is 0.330 e. The van der Waals surface area contributed by atoms with Gasteiger partial charge in [0.05, 0.1) is 7.11 Å². The molecule has 0 heterocycles. The molecule has 2 aromatic rings. The fraction of sp³-hybridized carbons (Fsp3) is 0.516. The third kappa shape index (κ3) is 5.34. The molecule has 1 aliphatic carbocycles. The summed E-state index contributed by atoms with van der Waals surface area (Å²) in [6.07, 6.45) is 5.75. The molecule has 2 aromatic carbocycles. The van der Waals surface area contributed by atoms with Gasteiger partial charge < -0.3 is 9.16 Å². The van der Waals surface area contributed by atoms with Gasteiger partial charge in [-0.15, -0.1) is 0 Å². The van der Waals surface area contributed by atoms with Crippen LogP contribution in [0.4, 0.5) is 0 Å². The van der Waals surface area contributed by atoms with E-state index < -0.39 is 15.4 Å². The standard InChI is InChI=1S/C31H44O3Si/c1-23(19-20-27(32)33-8)30(7)22-21-26(29(30,5)6)31(34-35-28(2,3)4,24-15-11-9-12-16-24)25-17-13-10-14-18-25/h9-20,23,26H,21-22,35H2,1-8H3/b20-19+/t23-,26+,30+/m0/s1. The molecule has 1 aliphatic rings. The fourth-order valence-electron chi connectivity index (χ4n) is 6.09. The second-order valence-corrected chi connectivity index (χ2v) is 14.9. The van der Waals surface area contributed by atoms with Crippen LogP contribution in [0.3, 0.4) is 0 Å². The summed E-state index contributed by atoms with van der Waals surface area (Å²) < 4.78 is 12.2. The maximum absolute atomic E-state index is 11.8. The van der Waals surface area contributed by atoms with Crippen molar-refractivity contribution in [2.45, 2.75) is 71.9 Å². The second kappa shape index (κ2) is 10.4. The number of esters is 1. The van der Waals surface area contributed by atoms with Gasteiger partial charge in [-0.1, -0.05) is 115 Å². The minimum atomic E-state index is -0.879. The van der Waals surface area contributed by atoms with Crippen molar-refractivity contribution in [1.29, 1.82) is 0 Å². The molecular formula is C31H44O3Si. The molecule has 0 amide bonds. The fourth-order valence-corrected chi connectivity index (χ4v) is 7.29. The molecule has 3 nitrogen and oxygen atoms in total. The molecule has 0 radical (unpaired) electrons. The first kappa shape index (κ1) is 27.4. The maximum atomic E-state index is 11.8. The largest absolute Gasteiger partial charge is 0.466 e. The van der Waals surface area contributed by atoms with Gasteiger partial charge in [0.1, 0.15) is 5.60 Å². The summed E-state index contributed by atoms with van der Waals surface area (Å²) in [5, 5.41) is 0.164. The molecule has 0 bridgehead atoms. The lowest BCUT2D eigenvalue weighted by molar-refractivity contribution is -0.134. The molecule has 3 rings (SSSR count). The minimum Gasteiger partial charge on any atom is -0.466 e. The zero-order chi connectivity index (χ0) is 25.9. The molecule has 190 valence electrons. The Morgan fingerprint density at radius 1 is 1.00 bits per heavy atom. The van der Waals surface area contributed by atoms with Crippen molar-refractivity contribution in [2.24, 2.45) is 22.7 Å². The third-order valence-corrected chi connectivity index (χ3v) is 10.1. The van der Waals surface area contributed by atoms with Gasteiger partial charge in [-0.3, -0.25) is 0 Å². The van der Waals surface area contributed by atoms with Gasteiger partial charge in [0, 0.05) is 12.0 Å². The summed E-state index contributed by atoms with van der Waals surface area (Å²) >= 11 is 0. The highest BCUT2D eigenvalue weighted by atomic mass is 28.2. The number of ether oxygens (including phenoxy) is 1. The van der Waals surface area contributed by atoms with Crippen LogP contribution < -0.4 is 0 Å². The molecule has 0 aliphatic heterocycles. The minimum absolute atomic E-state index is 0.0103. The van der Waals surface area contributed by atoms with Gasteiger partial charge in [-0.2, -0.15) is 0 Å². The normalized spacial score (nSPS) is 23.7. The second-order valence-electron chi connectivity index (χ2n) is 12.2. The van der Waals surface area contributed by atoms with Gasteiger partial charge in [-0.25, -0.2) is 4.79 Å². The number of hydrogen-bond acceptors (Lipinski definition) is 3. The summed E-state index contributed by atoms with van der Waals surface area (Å²) in [4.78, 5) is 11.8. The van der Waals surface area contributed by atoms with Crippen molar-refractivity contribution in [3.05, 3.63) is 83.9 Å². The van der Waals surface area contributed by atoms with E-state index in [4.69, 9.17) is 9.16 Å². The van der Waals surface area contributed by atoms with Crippen LogP contribution in [0.15, 0.2) is 72.8 Å². The number of allylic oxidation sites excluding steroid dienone is 1. The average Bonchev–Trinajstić information content (AvgIpc) is 3.08. The van der Waals surface area contributed by atoms with E-state index >= 15 is 0 Å². The van der Waals surface area contributed by atoms with Crippen molar-refractivity contribution < 1.29 is 14.0 Å². The molecule has 35 heavy (non-hydrogen) atoms. The SMILES string of the molecule is COC(=O)/C=C/[C@H](C)[C@@]1(C)CC[C@@H](C(O[SiH2]C(C)(C)C)(c2ccccc2)c2ccccc2)C1(C)C. The van der Waals surface area contributed by atoms with Crippen LogP contribution in [0.1, 0.15) is 72.4 Å². The molecule has 0 spiro atoms. The number of rotatable bonds is 8. The van der Waals surface area contributed by atoms with Gasteiger partial charge in [0.25, 0.3) is 0 Å². The van der Waals surface area contributed by atoms with Crippen LogP contribution in [-0.4, -0.2) is 22.8 Å². The summed E-state index contributed by atoms with van der Waals surface area (Å²) in [5.41, 5.74) is 1.88. The highest BCUT2D eigenvalue weighted by molar-refractivity contribution is 6.32. The number of benzene rings is 2. The highest BCUT2D eigenvalue weighted by Crippen LogP contribution is 2.66. The first-order valence-electron chi connectivity index (χ1n) is 12.9. The van der Waals surface area contributed by atoms with Crippen molar-refractivity contribution in [3.63, 3.8) is 0 Å². The van der Waals surface area contributed by atoms with Gasteiger partial charge >= 0.3 is 5.97 Å². The lowest BCUT2D eigenvalue weighted by Gasteiger charge is -2.52. The quantitative estimate of drug-likeness (QED) is 0.225. The monoisotopic (exact) mass is 492 g/mol. The van der Waals surface area contributed by atoms with Crippen LogP contribution >= 0.6 is 0 Å². The van der Waals surface area contributed by atoms with E-state index in [0.29, 0.717) is 0 Å². The third-order valence-electron chi connectivity index (χ3n) is 8.65. The Morgan fingerprint density at radius 2 is 1.51 bits per heavy atom. The van der Waals surface area contributed by atoms with E-state index in [1.165, 1.54) is 18.2 Å². The predicted octanol–water partition coefficient (Wildman–Crippen LogP) is 7.06. The first-order chi connectivity index (χ1) is 16.4. The van der Waals surface area contributed by atoms with Gasteiger partial charge in [0.15, 0.2) is 9.76 Å². The van der Waals surface area contributed by atoms with Gasteiger partial charge in [-0.05, 0) is 45.8 Å². The molecular weight excluding hydrogens is 448 g/mol. The Labute approximate surface area is 215 Å². The molecule has 0 saturated heterocycles. The molecule has 4 heteroatoms. The molecule has 1 saturated carbocycles. The molecule has 0 unspecified atom stereocenters. The zero-order valence-corrected chi connectivity index (χ0v) is 24.3. The summed E-state index contributed by atoms with van der Waals surface area (Å²) in [6, 6.07) is 21.7. The number of carbonyl (C=O) groups excluding carboxylic acids is 1. The average molecular weight is 493 g/mol. The Morgan fingerprint density at radius 3 is 1.97 bits per heavy atom. The molecule has 0 N–H and O–H groups in total. The smallest absolute Gasteiger partial charge is 0.330 e. The van der Waals surface area contributed by atoms with Crippen LogP contribution in [-0.2, 0) is 19.6 Å². The first-order valence-corrected chi connectivity index (χ1v) is 14.2. The van der Waals surface area contributed by atoms with E-state index in [1.807, 2.05) is 6.08 Å². The summed E-state index contributed by atoms with van der Waals surface area (Å²) in [7, 11) is 0.551. The van der Waals surface area contributed by atoms with E-state index in [2.05, 4.69) is 109 Å². The molecule has 0 aromatic heterocycles. The Kier molecular flexibility index (Phi) is 8.18. The number of hydrogen-bond donors (Lipinski definition) is 0. The Bertz CT molecular complexity index is 967. The Hall–Kier alpha value is -2.17. The Balaban J connectivity index is 2.18. The number of carbonyl (C=O) groups is 1. The van der Waals surface area contributed by atoms with Crippen molar-refractivity contribution >= 4 is 15.7 Å². The highest BCUT2D eigenvalue weighted by Gasteiger charge is 2.61. The topological polar surface area (TPSA) is 35.5 Å². The summed E-state index contributed by atoms with van der Waals surface area (Å²) in [5.74, 6) is 0.189. The van der Waals surface area contributed by atoms with Crippen LogP contribution in [0, 0.1) is 22.7 Å². The lowest BCUT2D eigenvalue weighted by atomic mass is 9.56. The van der Waals surface area contributed by atoms with Crippen LogP contribution in [0.25, 0.3) is 0 Å². The zero-order valence-electron chi connectivity index (χ0n) is 22.9. The van der Waals surface area contributed by atoms with E-state index in [0.717, 1.165) is 12.8 Å². The van der Waals surface area contributed by atoms with E-state index in [1.54, 1.807) is 6.08 Å². The lowest BCUT2D eigenvalue weighted by Crippen LogP contribution is -2.50. The predicted molar refractivity (Wildman–Crippen MR) is 148 cm³/mol. The van der Waals surface area contributed by atoms with E-state index in [9.17, 15) is 4.79 Å². The van der Waals surface area contributed by atoms with Crippen LogP contribution in [0.2, 0.25) is 5.04 Å². The van der Waals surface area contributed by atoms with Gasteiger partial charge in [0.2, 0.25) is 0 Å². The molecule has 1 fully saturated rings. The van der Waals surface area contributed by atoms with Crippen LogP contribution in [0.5, 0.6) is 0 Å². The number of methoxy groups -OCH3 is 1. The summed E-state index contributed by atoms with van der Waals surface area (Å²) in [6.45, 7) is 16.3. The van der Waals surface area contributed by atoms with E-state index in [-0.39, 0.29) is 33.7 Å².